The number of aryl methyl sites for hydroxylation is 3. The first kappa shape index (κ1) is 23.5. The molecule has 0 saturated carbocycles. The number of ketones is 1. The van der Waals surface area contributed by atoms with Crippen LogP contribution in [-0.4, -0.2) is 22.0 Å². The van der Waals surface area contributed by atoms with Crippen LogP contribution in [0.15, 0.2) is 54.6 Å². The molecule has 7 heteroatoms. The highest BCUT2D eigenvalue weighted by molar-refractivity contribution is 7.21. The number of carbonyl (C=O) groups excluding carboxylic acids is 1. The van der Waals surface area contributed by atoms with E-state index in [0.29, 0.717) is 32.3 Å². The Balaban J connectivity index is 1.82. The van der Waals surface area contributed by atoms with Crippen LogP contribution in [0, 0.1) is 20.8 Å². The molecule has 0 bridgehead atoms. The van der Waals surface area contributed by atoms with E-state index >= 15 is 0 Å². The van der Waals surface area contributed by atoms with Gasteiger partial charge in [-0.3, -0.25) is 4.79 Å². The van der Waals surface area contributed by atoms with E-state index in [2.05, 4.69) is 0 Å². The van der Waals surface area contributed by atoms with Gasteiger partial charge in [0.15, 0.2) is 5.75 Å². The summed E-state index contributed by atoms with van der Waals surface area (Å²) >= 11 is 7.42. The number of aliphatic carboxylic acids is 1. The van der Waals surface area contributed by atoms with Crippen molar-refractivity contribution >= 4 is 50.9 Å². The number of hydrogen-bond donors (Lipinski definition) is 2. The molecule has 0 spiro atoms. The summed E-state index contributed by atoms with van der Waals surface area (Å²) in [7, 11) is 0. The third kappa shape index (κ3) is 4.69. The minimum atomic E-state index is -1.02. The lowest BCUT2D eigenvalue weighted by molar-refractivity contribution is -0.131. The van der Waals surface area contributed by atoms with Crippen LogP contribution in [0.5, 0.6) is 17.2 Å². The smallest absolute Gasteiger partial charge is 0.328 e. The summed E-state index contributed by atoms with van der Waals surface area (Å²) in [5.74, 6) is -0.185. The minimum Gasteiger partial charge on any atom is -0.508 e. The van der Waals surface area contributed by atoms with Crippen molar-refractivity contribution in [1.82, 2.24) is 0 Å². The predicted molar refractivity (Wildman–Crippen MR) is 136 cm³/mol. The molecule has 0 saturated heterocycles. The van der Waals surface area contributed by atoms with E-state index in [1.54, 1.807) is 48.5 Å². The van der Waals surface area contributed by atoms with Gasteiger partial charge in [-0.05, 0) is 91.6 Å². The molecule has 1 aromatic heterocycles. The standard InChI is InChI=1S/C27H21ClO5S/c1-14-12-20(7-4-17(14)5-9-23(30)31)33-26-21-8-6-19(29)13-22(21)34-27(26)25(32)24-15(2)10-18(28)11-16(24)3/h4-13,29H,1-3H3,(H,30,31)/b9-5+. The molecular formula is C27H21ClO5S. The summed E-state index contributed by atoms with van der Waals surface area (Å²) in [6, 6.07) is 13.7. The van der Waals surface area contributed by atoms with E-state index in [1.807, 2.05) is 20.8 Å². The lowest BCUT2D eigenvalue weighted by Crippen LogP contribution is -2.06. The van der Waals surface area contributed by atoms with Gasteiger partial charge in [0.25, 0.3) is 0 Å². The molecule has 0 aliphatic carbocycles. The number of phenols is 1. The van der Waals surface area contributed by atoms with Crippen molar-refractivity contribution < 1.29 is 24.5 Å². The third-order valence-electron chi connectivity index (χ3n) is 5.43. The maximum atomic E-state index is 13.7. The van der Waals surface area contributed by atoms with Gasteiger partial charge in [0.1, 0.15) is 16.4 Å². The van der Waals surface area contributed by atoms with Gasteiger partial charge in [-0.25, -0.2) is 4.79 Å². The Morgan fingerprint density at radius 3 is 2.32 bits per heavy atom. The summed E-state index contributed by atoms with van der Waals surface area (Å²) in [4.78, 5) is 24.9. The average Bonchev–Trinajstić information content (AvgIpc) is 3.09. The summed E-state index contributed by atoms with van der Waals surface area (Å²) < 4.78 is 6.97. The van der Waals surface area contributed by atoms with Crippen molar-refractivity contribution in [2.24, 2.45) is 0 Å². The Kier molecular flexibility index (Phi) is 6.46. The fraction of sp³-hybridized carbons (Fsp3) is 0.111. The molecule has 4 rings (SSSR count). The average molecular weight is 493 g/mol. The molecule has 5 nitrogen and oxygen atoms in total. The lowest BCUT2D eigenvalue weighted by atomic mass is 9.98. The first-order valence-corrected chi connectivity index (χ1v) is 11.6. The van der Waals surface area contributed by atoms with Crippen molar-refractivity contribution in [3.05, 3.63) is 92.3 Å². The third-order valence-corrected chi connectivity index (χ3v) is 6.78. The molecule has 0 radical (unpaired) electrons. The molecule has 0 aliphatic heterocycles. The van der Waals surface area contributed by atoms with E-state index < -0.39 is 5.97 Å². The Morgan fingerprint density at radius 1 is 0.971 bits per heavy atom. The molecule has 172 valence electrons. The van der Waals surface area contributed by atoms with Gasteiger partial charge in [0.2, 0.25) is 5.78 Å². The number of phenolic OH excluding ortho intramolecular Hbond substituents is 1. The van der Waals surface area contributed by atoms with E-state index in [1.165, 1.54) is 17.4 Å². The zero-order chi connectivity index (χ0) is 24.6. The number of fused-ring (bicyclic) bond motifs is 1. The minimum absolute atomic E-state index is 0.101. The summed E-state index contributed by atoms with van der Waals surface area (Å²) in [6.07, 6.45) is 2.60. The SMILES string of the molecule is Cc1cc(Oc2c(C(=O)c3c(C)cc(Cl)cc3C)sc3cc(O)ccc23)ccc1/C=C/C(=O)O. The van der Waals surface area contributed by atoms with Crippen LogP contribution in [0.3, 0.4) is 0 Å². The Morgan fingerprint density at radius 2 is 1.68 bits per heavy atom. The van der Waals surface area contributed by atoms with Gasteiger partial charge < -0.3 is 14.9 Å². The second kappa shape index (κ2) is 9.33. The molecule has 0 atom stereocenters. The van der Waals surface area contributed by atoms with Gasteiger partial charge in [0.05, 0.1) is 0 Å². The quantitative estimate of drug-likeness (QED) is 0.218. The van der Waals surface area contributed by atoms with Crippen LogP contribution >= 0.6 is 22.9 Å². The van der Waals surface area contributed by atoms with Gasteiger partial charge in [-0.1, -0.05) is 17.7 Å². The van der Waals surface area contributed by atoms with E-state index in [0.717, 1.165) is 33.0 Å². The summed E-state index contributed by atoms with van der Waals surface area (Å²) in [6.45, 7) is 5.54. The molecule has 4 aromatic rings. The molecule has 3 aromatic carbocycles. The van der Waals surface area contributed by atoms with Gasteiger partial charge >= 0.3 is 5.97 Å². The Bertz CT molecular complexity index is 1460. The highest BCUT2D eigenvalue weighted by atomic mass is 35.5. The molecule has 0 fully saturated rings. The zero-order valence-electron chi connectivity index (χ0n) is 18.7. The highest BCUT2D eigenvalue weighted by Crippen LogP contribution is 2.43. The van der Waals surface area contributed by atoms with Crippen LogP contribution in [0.25, 0.3) is 16.2 Å². The van der Waals surface area contributed by atoms with Gasteiger partial charge in [0, 0.05) is 26.7 Å². The monoisotopic (exact) mass is 492 g/mol. The summed E-state index contributed by atoms with van der Waals surface area (Å²) in [5.41, 5.74) is 3.68. The fourth-order valence-corrected chi connectivity index (χ4v) is 5.31. The number of hydrogen-bond acceptors (Lipinski definition) is 5. The van der Waals surface area contributed by atoms with E-state index in [9.17, 15) is 14.7 Å². The van der Waals surface area contributed by atoms with Crippen LogP contribution in [0.4, 0.5) is 0 Å². The van der Waals surface area contributed by atoms with Gasteiger partial charge in [-0.15, -0.1) is 11.3 Å². The topological polar surface area (TPSA) is 83.8 Å². The first-order valence-electron chi connectivity index (χ1n) is 10.4. The van der Waals surface area contributed by atoms with E-state index in [-0.39, 0.29) is 11.5 Å². The maximum absolute atomic E-state index is 13.7. The second-order valence-corrected chi connectivity index (χ2v) is 9.47. The zero-order valence-corrected chi connectivity index (χ0v) is 20.3. The lowest BCUT2D eigenvalue weighted by Gasteiger charge is -2.12. The number of carboxylic acids is 1. The Labute approximate surface area is 205 Å². The van der Waals surface area contributed by atoms with Crippen molar-refractivity contribution in [3.8, 4) is 17.2 Å². The number of benzene rings is 3. The number of thiophene rings is 1. The molecule has 2 N–H and O–H groups in total. The Hall–Kier alpha value is -3.61. The number of halogens is 1. The van der Waals surface area contributed by atoms with E-state index in [4.69, 9.17) is 21.4 Å². The number of carboxylic acid groups (broad SMARTS) is 1. The predicted octanol–water partition coefficient (Wildman–Crippen LogP) is 7.31. The molecular weight excluding hydrogens is 472 g/mol. The summed E-state index contributed by atoms with van der Waals surface area (Å²) in [5, 5.41) is 20.1. The molecule has 0 amide bonds. The van der Waals surface area contributed by atoms with Crippen LogP contribution in [-0.2, 0) is 4.79 Å². The highest BCUT2D eigenvalue weighted by Gasteiger charge is 2.25. The van der Waals surface area contributed by atoms with Gasteiger partial charge in [-0.2, -0.15) is 0 Å². The number of ether oxygens (including phenoxy) is 1. The molecule has 1 heterocycles. The first-order chi connectivity index (χ1) is 16.1. The number of rotatable bonds is 6. The van der Waals surface area contributed by atoms with Crippen LogP contribution in [0.1, 0.15) is 37.5 Å². The van der Waals surface area contributed by atoms with Crippen molar-refractivity contribution in [1.29, 1.82) is 0 Å². The second-order valence-electron chi connectivity index (χ2n) is 7.98. The molecule has 34 heavy (non-hydrogen) atoms. The van der Waals surface area contributed by atoms with Crippen molar-refractivity contribution in [3.63, 3.8) is 0 Å². The fourth-order valence-electron chi connectivity index (χ4n) is 3.87. The van der Waals surface area contributed by atoms with Crippen LogP contribution in [0.2, 0.25) is 5.02 Å². The number of aromatic hydroxyl groups is 1. The largest absolute Gasteiger partial charge is 0.508 e. The van der Waals surface area contributed by atoms with Crippen molar-refractivity contribution in [2.75, 3.05) is 0 Å². The normalized spacial score (nSPS) is 11.3. The van der Waals surface area contributed by atoms with Crippen LogP contribution < -0.4 is 4.74 Å². The molecule has 0 unspecified atom stereocenters. The van der Waals surface area contributed by atoms with Crippen molar-refractivity contribution in [2.45, 2.75) is 20.8 Å². The number of carbonyl (C=O) groups is 2. The molecule has 0 aliphatic rings. The maximum Gasteiger partial charge on any atom is 0.328 e.